The molecule has 0 unspecified atom stereocenters. The van der Waals surface area contributed by atoms with Gasteiger partial charge in [-0.05, 0) is 31.9 Å². The number of aryl methyl sites for hydroxylation is 1. The van der Waals surface area contributed by atoms with Crippen LogP contribution in [-0.4, -0.2) is 54.4 Å². The van der Waals surface area contributed by atoms with Gasteiger partial charge < -0.3 is 19.5 Å². The van der Waals surface area contributed by atoms with Crippen LogP contribution in [0.4, 0.5) is 0 Å². The second kappa shape index (κ2) is 6.91. The van der Waals surface area contributed by atoms with Crippen molar-refractivity contribution in [2.45, 2.75) is 25.9 Å². The van der Waals surface area contributed by atoms with Crippen LogP contribution in [-0.2, 0) is 9.53 Å². The number of hydrogen-bond donors (Lipinski definition) is 1. The average molecular weight is 293 g/mol. The first-order chi connectivity index (χ1) is 10.0. The zero-order valence-corrected chi connectivity index (χ0v) is 12.7. The fraction of sp³-hybridized carbons (Fsp3) is 0.562. The summed E-state index contributed by atoms with van der Waals surface area (Å²) in [5.74, 6) is 0.689. The van der Waals surface area contributed by atoms with Crippen LogP contribution in [0, 0.1) is 6.92 Å². The largest absolute Gasteiger partial charge is 0.490 e. The number of nitrogens with zero attached hydrogens (tertiary/aromatic N) is 1. The van der Waals surface area contributed by atoms with Crippen molar-refractivity contribution in [3.63, 3.8) is 0 Å². The van der Waals surface area contributed by atoms with E-state index in [9.17, 15) is 9.90 Å². The summed E-state index contributed by atoms with van der Waals surface area (Å²) in [7, 11) is 0. The molecule has 2 rings (SSSR count). The van der Waals surface area contributed by atoms with Crippen molar-refractivity contribution in [2.24, 2.45) is 0 Å². The number of amides is 1. The van der Waals surface area contributed by atoms with Gasteiger partial charge in [0.05, 0.1) is 6.54 Å². The van der Waals surface area contributed by atoms with Gasteiger partial charge in [-0.2, -0.15) is 0 Å². The molecule has 0 aromatic heterocycles. The number of β-amino-alcohol motifs (C(OH)–C–C–N with tert-alkyl or cyclic N) is 1. The highest BCUT2D eigenvalue weighted by molar-refractivity contribution is 5.77. The summed E-state index contributed by atoms with van der Waals surface area (Å²) in [4.78, 5) is 13.5. The molecule has 0 radical (unpaired) electrons. The quantitative estimate of drug-likeness (QED) is 0.860. The zero-order chi connectivity index (χ0) is 15.3. The normalized spacial score (nSPS) is 21.6. The SMILES string of the molecule is CCOCC(=O)N1CC[C@@](O)(COc2ccccc2C)C1. The van der Waals surface area contributed by atoms with E-state index in [1.54, 1.807) is 4.90 Å². The molecule has 0 bridgehead atoms. The number of carbonyl (C=O) groups excluding carboxylic acids is 1. The molecule has 0 aliphatic carbocycles. The van der Waals surface area contributed by atoms with Crippen molar-refractivity contribution in [1.82, 2.24) is 4.90 Å². The summed E-state index contributed by atoms with van der Waals surface area (Å²) in [5, 5.41) is 10.5. The Bertz CT molecular complexity index is 491. The lowest BCUT2D eigenvalue weighted by atomic mass is 10.1. The van der Waals surface area contributed by atoms with E-state index in [0.717, 1.165) is 11.3 Å². The van der Waals surface area contributed by atoms with Crippen LogP contribution >= 0.6 is 0 Å². The van der Waals surface area contributed by atoms with Crippen LogP contribution in [0.3, 0.4) is 0 Å². The van der Waals surface area contributed by atoms with Gasteiger partial charge in [0.25, 0.3) is 0 Å². The van der Waals surface area contributed by atoms with Gasteiger partial charge in [-0.1, -0.05) is 18.2 Å². The molecule has 1 saturated heterocycles. The third-order valence-electron chi connectivity index (χ3n) is 3.70. The van der Waals surface area contributed by atoms with Crippen molar-refractivity contribution in [3.8, 4) is 5.75 Å². The van der Waals surface area contributed by atoms with E-state index in [1.165, 1.54) is 0 Å². The Morgan fingerprint density at radius 1 is 1.43 bits per heavy atom. The number of aliphatic hydroxyl groups is 1. The summed E-state index contributed by atoms with van der Waals surface area (Å²) in [6.45, 7) is 5.43. The molecular weight excluding hydrogens is 270 g/mol. The fourth-order valence-electron chi connectivity index (χ4n) is 2.40. The smallest absolute Gasteiger partial charge is 0.248 e. The average Bonchev–Trinajstić information content (AvgIpc) is 2.87. The molecule has 1 atom stereocenters. The molecule has 1 heterocycles. The number of para-hydroxylation sites is 1. The highest BCUT2D eigenvalue weighted by atomic mass is 16.5. The molecule has 5 heteroatoms. The maximum absolute atomic E-state index is 11.9. The van der Waals surface area contributed by atoms with Crippen LogP contribution in [0.5, 0.6) is 5.75 Å². The van der Waals surface area contributed by atoms with Gasteiger partial charge in [-0.15, -0.1) is 0 Å². The molecule has 21 heavy (non-hydrogen) atoms. The van der Waals surface area contributed by atoms with Crippen molar-refractivity contribution in [2.75, 3.05) is 32.9 Å². The molecule has 1 N–H and O–H groups in total. The van der Waals surface area contributed by atoms with E-state index in [4.69, 9.17) is 9.47 Å². The number of likely N-dealkylation sites (tertiary alicyclic amines) is 1. The molecule has 5 nitrogen and oxygen atoms in total. The van der Waals surface area contributed by atoms with Crippen LogP contribution in [0.1, 0.15) is 18.9 Å². The Hall–Kier alpha value is -1.59. The molecule has 1 aromatic rings. The topological polar surface area (TPSA) is 59.0 Å². The van der Waals surface area contributed by atoms with E-state index >= 15 is 0 Å². The molecule has 1 fully saturated rings. The monoisotopic (exact) mass is 293 g/mol. The third-order valence-corrected chi connectivity index (χ3v) is 3.70. The molecule has 0 spiro atoms. The first-order valence-electron chi connectivity index (χ1n) is 7.30. The lowest BCUT2D eigenvalue weighted by Crippen LogP contribution is -2.41. The zero-order valence-electron chi connectivity index (χ0n) is 12.7. The van der Waals surface area contributed by atoms with E-state index < -0.39 is 5.60 Å². The molecule has 1 aliphatic rings. The van der Waals surface area contributed by atoms with E-state index in [2.05, 4.69) is 0 Å². The van der Waals surface area contributed by atoms with Crippen molar-refractivity contribution in [3.05, 3.63) is 29.8 Å². The van der Waals surface area contributed by atoms with Gasteiger partial charge in [-0.3, -0.25) is 4.79 Å². The summed E-state index contributed by atoms with van der Waals surface area (Å²) in [6.07, 6.45) is 0.525. The predicted octanol–water partition coefficient (Wildman–Crippen LogP) is 1.37. The highest BCUT2D eigenvalue weighted by Gasteiger charge is 2.38. The third kappa shape index (κ3) is 4.19. The summed E-state index contributed by atoms with van der Waals surface area (Å²) >= 11 is 0. The minimum atomic E-state index is -0.982. The number of hydrogen-bond acceptors (Lipinski definition) is 4. The van der Waals surface area contributed by atoms with E-state index in [1.807, 2.05) is 38.1 Å². The van der Waals surface area contributed by atoms with Gasteiger partial charge in [0.15, 0.2) is 0 Å². The maximum Gasteiger partial charge on any atom is 0.248 e. The summed E-state index contributed by atoms with van der Waals surface area (Å²) in [5.41, 5.74) is 0.0489. The first-order valence-corrected chi connectivity index (χ1v) is 7.30. The molecular formula is C16H23NO4. The fourth-order valence-corrected chi connectivity index (χ4v) is 2.40. The van der Waals surface area contributed by atoms with Crippen LogP contribution < -0.4 is 4.74 Å². The summed E-state index contributed by atoms with van der Waals surface area (Å²) in [6, 6.07) is 7.69. The number of rotatable bonds is 6. The number of benzene rings is 1. The number of ether oxygens (including phenoxy) is 2. The molecule has 1 aromatic carbocycles. The highest BCUT2D eigenvalue weighted by Crippen LogP contribution is 2.24. The Labute approximate surface area is 125 Å². The summed E-state index contributed by atoms with van der Waals surface area (Å²) < 4.78 is 10.8. The number of carbonyl (C=O) groups is 1. The Morgan fingerprint density at radius 2 is 2.19 bits per heavy atom. The van der Waals surface area contributed by atoms with Crippen molar-refractivity contribution < 1.29 is 19.4 Å². The predicted molar refractivity (Wildman–Crippen MR) is 79.3 cm³/mol. The standard InChI is InChI=1S/C16H23NO4/c1-3-20-10-15(18)17-9-8-16(19,11-17)12-21-14-7-5-4-6-13(14)2/h4-7,19H,3,8-12H2,1-2H3/t16-/m0/s1. The second-order valence-corrected chi connectivity index (χ2v) is 5.48. The Kier molecular flexibility index (Phi) is 5.20. The molecule has 1 amide bonds. The minimum Gasteiger partial charge on any atom is -0.490 e. The maximum atomic E-state index is 11.9. The minimum absolute atomic E-state index is 0.0746. The Morgan fingerprint density at radius 3 is 2.90 bits per heavy atom. The lowest BCUT2D eigenvalue weighted by Gasteiger charge is -2.24. The van der Waals surface area contributed by atoms with Crippen LogP contribution in [0.2, 0.25) is 0 Å². The van der Waals surface area contributed by atoms with Crippen molar-refractivity contribution in [1.29, 1.82) is 0 Å². The first kappa shape index (κ1) is 15.8. The van der Waals surface area contributed by atoms with E-state index in [-0.39, 0.29) is 19.1 Å². The van der Waals surface area contributed by atoms with Gasteiger partial charge in [-0.25, -0.2) is 0 Å². The van der Waals surface area contributed by atoms with Gasteiger partial charge in [0.2, 0.25) is 5.91 Å². The van der Waals surface area contributed by atoms with Gasteiger partial charge in [0, 0.05) is 13.2 Å². The van der Waals surface area contributed by atoms with Gasteiger partial charge in [0.1, 0.15) is 24.6 Å². The van der Waals surface area contributed by atoms with Crippen LogP contribution in [0.15, 0.2) is 24.3 Å². The van der Waals surface area contributed by atoms with E-state index in [0.29, 0.717) is 26.1 Å². The lowest BCUT2D eigenvalue weighted by molar-refractivity contribution is -0.136. The van der Waals surface area contributed by atoms with Crippen LogP contribution in [0.25, 0.3) is 0 Å². The molecule has 116 valence electrons. The van der Waals surface area contributed by atoms with Crippen molar-refractivity contribution >= 4 is 5.91 Å². The Balaban J connectivity index is 1.87. The van der Waals surface area contributed by atoms with Gasteiger partial charge >= 0.3 is 0 Å². The second-order valence-electron chi connectivity index (χ2n) is 5.48. The molecule has 1 aliphatic heterocycles. The molecule has 0 saturated carbocycles.